The summed E-state index contributed by atoms with van der Waals surface area (Å²) >= 11 is 0. The molecule has 1 aromatic carbocycles. The molecule has 0 saturated carbocycles. The van der Waals surface area contributed by atoms with Crippen molar-refractivity contribution in [3.8, 4) is 0 Å². The maximum atomic E-state index is 5.55. The van der Waals surface area contributed by atoms with Gasteiger partial charge in [-0.2, -0.15) is 0 Å². The lowest BCUT2D eigenvalue weighted by atomic mass is 9.92. The standard InChI is InChI=1S/C16H21NO/c1-5-15-14(9-10-18-15)16(17-4)13-8-6-7-11(2)12(13)3/h6-10,16-17H,5H2,1-4H3. The Morgan fingerprint density at radius 1 is 1.17 bits per heavy atom. The third-order valence-corrected chi connectivity index (χ3v) is 3.66. The van der Waals surface area contributed by atoms with Crippen LogP contribution < -0.4 is 5.32 Å². The summed E-state index contributed by atoms with van der Waals surface area (Å²) < 4.78 is 5.55. The highest BCUT2D eigenvalue weighted by Gasteiger charge is 2.19. The highest BCUT2D eigenvalue weighted by Crippen LogP contribution is 2.29. The fourth-order valence-electron chi connectivity index (χ4n) is 2.46. The van der Waals surface area contributed by atoms with E-state index in [0.717, 1.165) is 12.2 Å². The fraction of sp³-hybridized carbons (Fsp3) is 0.375. The number of furan rings is 1. The van der Waals surface area contributed by atoms with Crippen LogP contribution in [0.5, 0.6) is 0 Å². The lowest BCUT2D eigenvalue weighted by molar-refractivity contribution is 0.504. The molecule has 0 bridgehead atoms. The zero-order valence-corrected chi connectivity index (χ0v) is 11.6. The minimum absolute atomic E-state index is 0.207. The predicted octanol–water partition coefficient (Wildman–Crippen LogP) is 3.77. The minimum Gasteiger partial charge on any atom is -0.469 e. The number of rotatable bonds is 4. The lowest BCUT2D eigenvalue weighted by Gasteiger charge is -2.20. The van der Waals surface area contributed by atoms with E-state index >= 15 is 0 Å². The van der Waals surface area contributed by atoms with E-state index in [4.69, 9.17) is 4.42 Å². The molecule has 0 aliphatic heterocycles. The van der Waals surface area contributed by atoms with Gasteiger partial charge in [0.1, 0.15) is 5.76 Å². The molecule has 0 aliphatic rings. The van der Waals surface area contributed by atoms with Gasteiger partial charge in [0.15, 0.2) is 0 Å². The Hall–Kier alpha value is -1.54. The topological polar surface area (TPSA) is 25.2 Å². The summed E-state index contributed by atoms with van der Waals surface area (Å²) in [5, 5.41) is 3.40. The van der Waals surface area contributed by atoms with E-state index in [-0.39, 0.29) is 6.04 Å². The zero-order chi connectivity index (χ0) is 13.1. The summed E-state index contributed by atoms with van der Waals surface area (Å²) in [4.78, 5) is 0. The monoisotopic (exact) mass is 243 g/mol. The van der Waals surface area contributed by atoms with E-state index in [1.54, 1.807) is 6.26 Å². The van der Waals surface area contributed by atoms with E-state index in [0.29, 0.717) is 0 Å². The van der Waals surface area contributed by atoms with Crippen LogP contribution in [0.1, 0.15) is 41.0 Å². The average Bonchev–Trinajstić information content (AvgIpc) is 2.83. The number of nitrogens with one attached hydrogen (secondary N) is 1. The zero-order valence-electron chi connectivity index (χ0n) is 11.6. The van der Waals surface area contributed by atoms with Crippen molar-refractivity contribution in [2.45, 2.75) is 33.2 Å². The van der Waals surface area contributed by atoms with E-state index in [1.165, 1.54) is 22.3 Å². The van der Waals surface area contributed by atoms with Crippen LogP contribution in [0.25, 0.3) is 0 Å². The van der Waals surface area contributed by atoms with Crippen LogP contribution in [0.2, 0.25) is 0 Å². The van der Waals surface area contributed by atoms with Gasteiger partial charge in [-0.1, -0.05) is 25.1 Å². The van der Waals surface area contributed by atoms with Crippen molar-refractivity contribution in [2.24, 2.45) is 0 Å². The quantitative estimate of drug-likeness (QED) is 0.884. The van der Waals surface area contributed by atoms with Crippen molar-refractivity contribution in [3.63, 3.8) is 0 Å². The van der Waals surface area contributed by atoms with Crippen molar-refractivity contribution in [3.05, 3.63) is 58.5 Å². The summed E-state index contributed by atoms with van der Waals surface area (Å²) in [5.41, 5.74) is 5.25. The second-order valence-corrected chi connectivity index (χ2v) is 4.66. The van der Waals surface area contributed by atoms with Gasteiger partial charge in [-0.3, -0.25) is 0 Å². The molecule has 18 heavy (non-hydrogen) atoms. The first-order valence-electron chi connectivity index (χ1n) is 6.48. The molecule has 1 heterocycles. The van der Waals surface area contributed by atoms with Crippen molar-refractivity contribution in [2.75, 3.05) is 7.05 Å². The van der Waals surface area contributed by atoms with Gasteiger partial charge in [-0.25, -0.2) is 0 Å². The van der Waals surface area contributed by atoms with Crippen LogP contribution in [0.3, 0.4) is 0 Å². The summed E-state index contributed by atoms with van der Waals surface area (Å²) in [6.45, 7) is 6.46. The van der Waals surface area contributed by atoms with Gasteiger partial charge in [0.2, 0.25) is 0 Å². The van der Waals surface area contributed by atoms with E-state index in [2.05, 4.69) is 50.4 Å². The summed E-state index contributed by atoms with van der Waals surface area (Å²) in [5.74, 6) is 1.07. The number of hydrogen-bond donors (Lipinski definition) is 1. The average molecular weight is 243 g/mol. The van der Waals surface area contributed by atoms with Crippen LogP contribution in [-0.2, 0) is 6.42 Å². The van der Waals surface area contributed by atoms with E-state index < -0.39 is 0 Å². The molecule has 1 atom stereocenters. The molecule has 1 N–H and O–H groups in total. The number of hydrogen-bond acceptors (Lipinski definition) is 2. The number of benzene rings is 1. The summed E-state index contributed by atoms with van der Waals surface area (Å²) in [7, 11) is 2.00. The third kappa shape index (κ3) is 2.21. The van der Waals surface area contributed by atoms with Gasteiger partial charge < -0.3 is 9.73 Å². The van der Waals surface area contributed by atoms with Crippen LogP contribution >= 0.6 is 0 Å². The Morgan fingerprint density at radius 2 is 1.94 bits per heavy atom. The first kappa shape index (κ1) is 12.9. The lowest BCUT2D eigenvalue weighted by Crippen LogP contribution is -2.19. The molecule has 2 nitrogen and oxygen atoms in total. The molecule has 0 radical (unpaired) electrons. The molecule has 0 amide bonds. The molecule has 1 aromatic heterocycles. The van der Waals surface area contributed by atoms with Crippen LogP contribution in [0, 0.1) is 13.8 Å². The largest absolute Gasteiger partial charge is 0.469 e. The first-order valence-corrected chi connectivity index (χ1v) is 6.48. The van der Waals surface area contributed by atoms with Crippen LogP contribution in [0.15, 0.2) is 34.9 Å². The third-order valence-electron chi connectivity index (χ3n) is 3.66. The van der Waals surface area contributed by atoms with Crippen LogP contribution in [0.4, 0.5) is 0 Å². The normalized spacial score (nSPS) is 12.7. The Labute approximate surface area is 109 Å². The Morgan fingerprint density at radius 3 is 2.61 bits per heavy atom. The maximum Gasteiger partial charge on any atom is 0.108 e. The highest BCUT2D eigenvalue weighted by atomic mass is 16.3. The molecular formula is C16H21NO. The van der Waals surface area contributed by atoms with E-state index in [1.807, 2.05) is 7.05 Å². The molecule has 2 rings (SSSR count). The second-order valence-electron chi connectivity index (χ2n) is 4.66. The summed E-state index contributed by atoms with van der Waals surface area (Å²) in [6, 6.07) is 8.74. The van der Waals surface area contributed by atoms with Gasteiger partial charge >= 0.3 is 0 Å². The molecule has 2 heteroatoms. The van der Waals surface area contributed by atoms with Crippen molar-refractivity contribution < 1.29 is 4.42 Å². The first-order chi connectivity index (χ1) is 8.69. The van der Waals surface area contributed by atoms with Gasteiger partial charge in [-0.05, 0) is 43.7 Å². The smallest absolute Gasteiger partial charge is 0.108 e. The van der Waals surface area contributed by atoms with Crippen molar-refractivity contribution >= 4 is 0 Å². The Balaban J connectivity index is 2.49. The molecule has 0 aliphatic carbocycles. The predicted molar refractivity (Wildman–Crippen MR) is 74.9 cm³/mol. The Kier molecular flexibility index (Phi) is 3.87. The minimum atomic E-state index is 0.207. The van der Waals surface area contributed by atoms with Gasteiger partial charge in [0, 0.05) is 12.0 Å². The Bertz CT molecular complexity index is 528. The fourth-order valence-corrected chi connectivity index (χ4v) is 2.46. The summed E-state index contributed by atoms with van der Waals surface area (Å²) in [6.07, 6.45) is 2.70. The molecule has 0 saturated heterocycles. The van der Waals surface area contributed by atoms with Gasteiger partial charge in [-0.15, -0.1) is 0 Å². The van der Waals surface area contributed by atoms with Crippen LogP contribution in [-0.4, -0.2) is 7.05 Å². The SMILES string of the molecule is CCc1occc1C(NC)c1cccc(C)c1C. The maximum absolute atomic E-state index is 5.55. The van der Waals surface area contributed by atoms with Crippen molar-refractivity contribution in [1.82, 2.24) is 5.32 Å². The molecule has 2 aromatic rings. The molecular weight excluding hydrogens is 222 g/mol. The molecule has 0 spiro atoms. The molecule has 0 fully saturated rings. The van der Waals surface area contributed by atoms with Crippen molar-refractivity contribution in [1.29, 1.82) is 0 Å². The van der Waals surface area contributed by atoms with E-state index in [9.17, 15) is 0 Å². The second kappa shape index (κ2) is 5.40. The van der Waals surface area contributed by atoms with Gasteiger partial charge in [0.05, 0.1) is 12.3 Å². The highest BCUT2D eigenvalue weighted by molar-refractivity contribution is 5.41. The molecule has 1 unspecified atom stereocenters. The van der Waals surface area contributed by atoms with Gasteiger partial charge in [0.25, 0.3) is 0 Å². The molecule has 96 valence electrons. The number of aryl methyl sites for hydroxylation is 2.